The van der Waals surface area contributed by atoms with E-state index in [9.17, 15) is 18.0 Å². The molecule has 2 rings (SSSR count). The first kappa shape index (κ1) is 18.8. The molecule has 0 heterocycles. The lowest BCUT2D eigenvalue weighted by atomic mass is 10.1. The molecule has 0 aliphatic carbocycles. The number of amides is 1. The SMILES string of the molecule is COc1cccc(NC(=O)CN(C)Cc2cccc(C(F)(F)F)c2)c1. The highest BCUT2D eigenvalue weighted by Crippen LogP contribution is 2.29. The number of rotatable bonds is 6. The third-order valence-corrected chi connectivity index (χ3v) is 3.47. The molecule has 0 saturated carbocycles. The van der Waals surface area contributed by atoms with E-state index in [1.165, 1.54) is 13.2 Å². The van der Waals surface area contributed by atoms with E-state index in [2.05, 4.69) is 5.32 Å². The largest absolute Gasteiger partial charge is 0.497 e. The first-order chi connectivity index (χ1) is 11.8. The molecule has 25 heavy (non-hydrogen) atoms. The molecule has 2 aromatic carbocycles. The molecular formula is C18H19F3N2O2. The molecule has 4 nitrogen and oxygen atoms in total. The van der Waals surface area contributed by atoms with Crippen LogP contribution >= 0.6 is 0 Å². The van der Waals surface area contributed by atoms with E-state index in [0.717, 1.165) is 12.1 Å². The average molecular weight is 352 g/mol. The second kappa shape index (κ2) is 8.02. The van der Waals surface area contributed by atoms with Crippen LogP contribution in [0.4, 0.5) is 18.9 Å². The van der Waals surface area contributed by atoms with Gasteiger partial charge in [0.1, 0.15) is 5.75 Å². The molecule has 0 saturated heterocycles. The Bertz CT molecular complexity index is 732. The molecule has 0 bridgehead atoms. The zero-order chi connectivity index (χ0) is 18.4. The fourth-order valence-corrected chi connectivity index (χ4v) is 2.36. The van der Waals surface area contributed by atoms with Gasteiger partial charge in [-0.25, -0.2) is 0 Å². The lowest BCUT2D eigenvalue weighted by molar-refractivity contribution is -0.137. The number of alkyl halides is 3. The summed E-state index contributed by atoms with van der Waals surface area (Å²) in [6, 6.07) is 12.0. The summed E-state index contributed by atoms with van der Waals surface area (Å²) in [5, 5.41) is 2.73. The average Bonchev–Trinajstić information content (AvgIpc) is 2.54. The van der Waals surface area contributed by atoms with E-state index in [1.807, 2.05) is 0 Å². The zero-order valence-corrected chi connectivity index (χ0v) is 13.9. The maximum absolute atomic E-state index is 12.7. The van der Waals surface area contributed by atoms with Crippen molar-refractivity contribution in [1.82, 2.24) is 4.90 Å². The summed E-state index contributed by atoms with van der Waals surface area (Å²) in [4.78, 5) is 13.7. The minimum atomic E-state index is -4.38. The van der Waals surface area contributed by atoms with Crippen molar-refractivity contribution in [2.45, 2.75) is 12.7 Å². The Morgan fingerprint density at radius 1 is 1.16 bits per heavy atom. The van der Waals surface area contributed by atoms with Crippen LogP contribution in [0.15, 0.2) is 48.5 Å². The Hall–Kier alpha value is -2.54. The fourth-order valence-electron chi connectivity index (χ4n) is 2.36. The van der Waals surface area contributed by atoms with E-state index in [1.54, 1.807) is 42.3 Å². The van der Waals surface area contributed by atoms with Gasteiger partial charge in [-0.15, -0.1) is 0 Å². The molecule has 2 aromatic rings. The highest BCUT2D eigenvalue weighted by atomic mass is 19.4. The molecule has 7 heteroatoms. The molecular weight excluding hydrogens is 333 g/mol. The summed E-state index contributed by atoms with van der Waals surface area (Å²) in [6.07, 6.45) is -4.38. The van der Waals surface area contributed by atoms with Crippen molar-refractivity contribution in [2.75, 3.05) is 26.0 Å². The number of nitrogens with zero attached hydrogens (tertiary/aromatic N) is 1. The van der Waals surface area contributed by atoms with Gasteiger partial charge in [0.15, 0.2) is 0 Å². The van der Waals surface area contributed by atoms with Crippen molar-refractivity contribution in [3.63, 3.8) is 0 Å². The second-order valence-corrected chi connectivity index (χ2v) is 5.65. The smallest absolute Gasteiger partial charge is 0.416 e. The molecule has 0 fully saturated rings. The van der Waals surface area contributed by atoms with Crippen LogP contribution in [0.3, 0.4) is 0 Å². The molecule has 0 aliphatic heterocycles. The lowest BCUT2D eigenvalue weighted by Crippen LogP contribution is -2.29. The Morgan fingerprint density at radius 2 is 1.88 bits per heavy atom. The summed E-state index contributed by atoms with van der Waals surface area (Å²) in [5.74, 6) is 0.359. The Balaban J connectivity index is 1.93. The van der Waals surface area contributed by atoms with Gasteiger partial charge >= 0.3 is 6.18 Å². The number of carbonyl (C=O) groups is 1. The first-order valence-corrected chi connectivity index (χ1v) is 7.56. The van der Waals surface area contributed by atoms with E-state index in [0.29, 0.717) is 17.0 Å². The Kier molecular flexibility index (Phi) is 6.03. The summed E-state index contributed by atoms with van der Waals surface area (Å²) < 4.78 is 43.3. The first-order valence-electron chi connectivity index (χ1n) is 7.56. The predicted molar refractivity (Wildman–Crippen MR) is 89.4 cm³/mol. The topological polar surface area (TPSA) is 41.6 Å². The Morgan fingerprint density at radius 3 is 2.56 bits per heavy atom. The monoisotopic (exact) mass is 352 g/mol. The normalized spacial score (nSPS) is 11.4. The summed E-state index contributed by atoms with van der Waals surface area (Å²) in [5.41, 5.74) is 0.391. The molecule has 0 atom stereocenters. The van der Waals surface area contributed by atoms with Gasteiger partial charge in [0.25, 0.3) is 0 Å². The van der Waals surface area contributed by atoms with Crippen molar-refractivity contribution in [3.8, 4) is 5.75 Å². The second-order valence-electron chi connectivity index (χ2n) is 5.65. The molecule has 1 N–H and O–H groups in total. The third-order valence-electron chi connectivity index (χ3n) is 3.47. The number of hydrogen-bond donors (Lipinski definition) is 1. The van der Waals surface area contributed by atoms with E-state index in [4.69, 9.17) is 4.74 Å². The number of nitrogens with one attached hydrogen (secondary N) is 1. The van der Waals surface area contributed by atoms with Gasteiger partial charge in [0.05, 0.1) is 19.2 Å². The highest BCUT2D eigenvalue weighted by Gasteiger charge is 2.30. The molecule has 0 radical (unpaired) electrons. The molecule has 0 spiro atoms. The highest BCUT2D eigenvalue weighted by molar-refractivity contribution is 5.92. The van der Waals surface area contributed by atoms with Crippen LogP contribution < -0.4 is 10.1 Å². The third kappa shape index (κ3) is 5.79. The maximum atomic E-state index is 12.7. The minimum Gasteiger partial charge on any atom is -0.497 e. The van der Waals surface area contributed by atoms with Crippen LogP contribution in [0.2, 0.25) is 0 Å². The number of anilines is 1. The van der Waals surface area contributed by atoms with Gasteiger partial charge in [0.2, 0.25) is 5.91 Å². The van der Waals surface area contributed by atoms with Gasteiger partial charge < -0.3 is 10.1 Å². The van der Waals surface area contributed by atoms with Gasteiger partial charge in [0, 0.05) is 18.3 Å². The number of ether oxygens (including phenoxy) is 1. The zero-order valence-electron chi connectivity index (χ0n) is 13.9. The van der Waals surface area contributed by atoms with Crippen LogP contribution in [-0.2, 0) is 17.5 Å². The quantitative estimate of drug-likeness (QED) is 0.860. The van der Waals surface area contributed by atoms with Crippen LogP contribution in [0.25, 0.3) is 0 Å². The summed E-state index contributed by atoms with van der Waals surface area (Å²) in [7, 11) is 3.20. The number of benzene rings is 2. The van der Waals surface area contributed by atoms with Crippen molar-refractivity contribution < 1.29 is 22.7 Å². The molecule has 0 unspecified atom stereocenters. The van der Waals surface area contributed by atoms with Crippen LogP contribution in [0.1, 0.15) is 11.1 Å². The van der Waals surface area contributed by atoms with E-state index < -0.39 is 11.7 Å². The van der Waals surface area contributed by atoms with Gasteiger partial charge in [-0.2, -0.15) is 13.2 Å². The van der Waals surface area contributed by atoms with Crippen LogP contribution in [0.5, 0.6) is 5.75 Å². The maximum Gasteiger partial charge on any atom is 0.416 e. The number of hydrogen-bond acceptors (Lipinski definition) is 3. The van der Waals surface area contributed by atoms with E-state index >= 15 is 0 Å². The molecule has 134 valence electrons. The number of likely N-dealkylation sites (N-methyl/N-ethyl adjacent to an activating group) is 1. The minimum absolute atomic E-state index is 0.0491. The fraction of sp³-hybridized carbons (Fsp3) is 0.278. The van der Waals surface area contributed by atoms with Crippen molar-refractivity contribution in [3.05, 3.63) is 59.7 Å². The summed E-state index contributed by atoms with van der Waals surface area (Å²) >= 11 is 0. The molecule has 1 amide bonds. The van der Waals surface area contributed by atoms with Crippen LogP contribution in [0, 0.1) is 0 Å². The van der Waals surface area contributed by atoms with Gasteiger partial charge in [-0.05, 0) is 30.8 Å². The van der Waals surface area contributed by atoms with Crippen molar-refractivity contribution >= 4 is 11.6 Å². The number of halogens is 3. The molecule has 0 aliphatic rings. The number of methoxy groups -OCH3 is 1. The van der Waals surface area contributed by atoms with Crippen molar-refractivity contribution in [1.29, 1.82) is 0 Å². The molecule has 0 aromatic heterocycles. The standard InChI is InChI=1S/C18H19F3N2O2/c1-23(11-13-5-3-6-14(9-13)18(19,20)21)12-17(24)22-15-7-4-8-16(10-15)25-2/h3-10H,11-12H2,1-2H3,(H,22,24). The summed E-state index contributed by atoms with van der Waals surface area (Å²) in [6.45, 7) is 0.281. The van der Waals surface area contributed by atoms with Crippen LogP contribution in [-0.4, -0.2) is 31.5 Å². The van der Waals surface area contributed by atoms with E-state index in [-0.39, 0.29) is 19.0 Å². The van der Waals surface area contributed by atoms with Gasteiger partial charge in [-0.1, -0.05) is 24.3 Å². The lowest BCUT2D eigenvalue weighted by Gasteiger charge is -2.17. The predicted octanol–water partition coefficient (Wildman–Crippen LogP) is 3.78. The Labute approximate surface area is 144 Å². The number of carbonyl (C=O) groups excluding carboxylic acids is 1. The van der Waals surface area contributed by atoms with Crippen molar-refractivity contribution in [2.24, 2.45) is 0 Å². The van der Waals surface area contributed by atoms with Gasteiger partial charge in [-0.3, -0.25) is 9.69 Å².